The van der Waals surface area contributed by atoms with Crippen molar-refractivity contribution < 1.29 is 4.79 Å². The zero-order chi connectivity index (χ0) is 15.0. The number of hydrogen-bond donors (Lipinski definition) is 1. The summed E-state index contributed by atoms with van der Waals surface area (Å²) in [5, 5.41) is 3.35. The quantitative estimate of drug-likeness (QED) is 0.861. The third kappa shape index (κ3) is 4.64. The van der Waals surface area contributed by atoms with E-state index in [0.29, 0.717) is 6.54 Å². The van der Waals surface area contributed by atoms with Crippen molar-refractivity contribution in [3.05, 3.63) is 30.7 Å². The van der Waals surface area contributed by atoms with E-state index < -0.39 is 0 Å². The van der Waals surface area contributed by atoms with Gasteiger partial charge < -0.3 is 10.2 Å². The van der Waals surface area contributed by atoms with Crippen molar-refractivity contribution >= 4 is 11.7 Å². The fraction of sp³-hybridized carbons (Fsp3) is 0.533. The zero-order valence-electron chi connectivity index (χ0n) is 12.6. The molecule has 0 aliphatic carbocycles. The number of aryl methyl sites for hydroxylation is 1. The first-order chi connectivity index (χ1) is 9.69. The molecule has 1 aliphatic rings. The Morgan fingerprint density at radius 1 is 1.55 bits per heavy atom. The van der Waals surface area contributed by atoms with Gasteiger partial charge in [-0.1, -0.05) is 20.4 Å². The van der Waals surface area contributed by atoms with E-state index in [4.69, 9.17) is 0 Å². The number of likely N-dealkylation sites (tertiary alicyclic amines) is 1. The lowest BCUT2D eigenvalue weighted by Crippen LogP contribution is -2.44. The van der Waals surface area contributed by atoms with Crippen molar-refractivity contribution in [2.45, 2.75) is 39.7 Å². The molecule has 5 heteroatoms. The minimum Gasteiger partial charge on any atom is -0.365 e. The summed E-state index contributed by atoms with van der Waals surface area (Å²) in [6, 6.07) is 2.10. The SMILES string of the molecule is C=CC(=O)N1CCCC(Nc2ccnc(C)n2)C1.CC. The molecule has 1 atom stereocenters. The van der Waals surface area contributed by atoms with Crippen molar-refractivity contribution in [1.82, 2.24) is 14.9 Å². The van der Waals surface area contributed by atoms with Gasteiger partial charge in [-0.25, -0.2) is 9.97 Å². The van der Waals surface area contributed by atoms with Gasteiger partial charge >= 0.3 is 0 Å². The minimum absolute atomic E-state index is 0.000341. The molecule has 2 heterocycles. The van der Waals surface area contributed by atoms with Crippen LogP contribution in [0.25, 0.3) is 0 Å². The predicted octanol–water partition coefficient (Wildman–Crippen LogP) is 2.40. The zero-order valence-corrected chi connectivity index (χ0v) is 12.6. The molecule has 1 aromatic rings. The molecule has 5 nitrogen and oxygen atoms in total. The Hall–Kier alpha value is -1.91. The molecule has 1 aromatic heterocycles. The summed E-state index contributed by atoms with van der Waals surface area (Å²) in [5.74, 6) is 1.57. The van der Waals surface area contributed by atoms with Crippen molar-refractivity contribution in [3.63, 3.8) is 0 Å². The van der Waals surface area contributed by atoms with E-state index in [-0.39, 0.29) is 11.9 Å². The van der Waals surface area contributed by atoms with E-state index in [9.17, 15) is 4.79 Å². The molecule has 1 saturated heterocycles. The van der Waals surface area contributed by atoms with Crippen LogP contribution in [0.15, 0.2) is 24.9 Å². The molecule has 1 N–H and O–H groups in total. The van der Waals surface area contributed by atoms with Gasteiger partial charge in [0.25, 0.3) is 0 Å². The highest BCUT2D eigenvalue weighted by Gasteiger charge is 2.22. The first kappa shape index (κ1) is 16.1. The first-order valence-corrected chi connectivity index (χ1v) is 7.16. The molecule has 110 valence electrons. The van der Waals surface area contributed by atoms with Crippen LogP contribution < -0.4 is 5.32 Å². The van der Waals surface area contributed by atoms with E-state index in [1.165, 1.54) is 6.08 Å². The molecule has 1 unspecified atom stereocenters. The summed E-state index contributed by atoms with van der Waals surface area (Å²) in [6.45, 7) is 10.9. The van der Waals surface area contributed by atoms with Crippen LogP contribution in [-0.2, 0) is 4.79 Å². The van der Waals surface area contributed by atoms with E-state index in [1.807, 2.05) is 31.7 Å². The molecule has 20 heavy (non-hydrogen) atoms. The number of rotatable bonds is 3. The summed E-state index contributed by atoms with van der Waals surface area (Å²) in [7, 11) is 0. The molecule has 2 rings (SSSR count). The van der Waals surface area contributed by atoms with Crippen LogP contribution in [0.2, 0.25) is 0 Å². The topological polar surface area (TPSA) is 58.1 Å². The molecule has 0 bridgehead atoms. The van der Waals surface area contributed by atoms with Gasteiger partial charge in [0.15, 0.2) is 0 Å². The summed E-state index contributed by atoms with van der Waals surface area (Å²) in [6.07, 6.45) is 5.16. The molecule has 0 spiro atoms. The maximum absolute atomic E-state index is 11.6. The number of nitrogens with zero attached hydrogens (tertiary/aromatic N) is 3. The highest BCUT2D eigenvalue weighted by Crippen LogP contribution is 2.14. The second-order valence-electron chi connectivity index (χ2n) is 4.46. The number of amides is 1. The number of carbonyl (C=O) groups is 1. The number of aromatic nitrogens is 2. The fourth-order valence-corrected chi connectivity index (χ4v) is 2.17. The second kappa shape index (κ2) is 8.30. The Kier molecular flexibility index (Phi) is 6.70. The lowest BCUT2D eigenvalue weighted by molar-refractivity contribution is -0.127. The van der Waals surface area contributed by atoms with Gasteiger partial charge in [0.1, 0.15) is 11.6 Å². The molecule has 1 aliphatic heterocycles. The highest BCUT2D eigenvalue weighted by atomic mass is 16.2. The van der Waals surface area contributed by atoms with E-state index in [1.54, 1.807) is 6.20 Å². The molecular weight excluding hydrogens is 252 g/mol. The van der Waals surface area contributed by atoms with Crippen LogP contribution in [0.3, 0.4) is 0 Å². The van der Waals surface area contributed by atoms with Crippen LogP contribution in [-0.4, -0.2) is 39.9 Å². The van der Waals surface area contributed by atoms with Crippen molar-refractivity contribution in [2.75, 3.05) is 18.4 Å². The van der Waals surface area contributed by atoms with Crippen molar-refractivity contribution in [1.29, 1.82) is 0 Å². The van der Waals surface area contributed by atoms with Gasteiger partial charge in [-0.3, -0.25) is 4.79 Å². The third-order valence-corrected chi connectivity index (χ3v) is 3.04. The molecular formula is C15H24N4O. The Balaban J connectivity index is 0.000000956. The number of nitrogens with one attached hydrogen (secondary N) is 1. The Bertz CT molecular complexity index is 447. The summed E-state index contributed by atoms with van der Waals surface area (Å²) < 4.78 is 0. The monoisotopic (exact) mass is 276 g/mol. The summed E-state index contributed by atoms with van der Waals surface area (Å²) in [5.41, 5.74) is 0. The number of hydrogen-bond acceptors (Lipinski definition) is 4. The Labute approximate surface area is 121 Å². The summed E-state index contributed by atoms with van der Waals surface area (Å²) >= 11 is 0. The average Bonchev–Trinajstić information content (AvgIpc) is 2.49. The number of anilines is 1. The van der Waals surface area contributed by atoms with Crippen molar-refractivity contribution in [2.24, 2.45) is 0 Å². The molecule has 0 aromatic carbocycles. The smallest absolute Gasteiger partial charge is 0.246 e. The molecule has 0 saturated carbocycles. The third-order valence-electron chi connectivity index (χ3n) is 3.04. The highest BCUT2D eigenvalue weighted by molar-refractivity contribution is 5.87. The van der Waals surface area contributed by atoms with Gasteiger partial charge in [0.2, 0.25) is 5.91 Å². The maximum atomic E-state index is 11.6. The second-order valence-corrected chi connectivity index (χ2v) is 4.46. The predicted molar refractivity (Wildman–Crippen MR) is 81.5 cm³/mol. The van der Waals surface area contributed by atoms with Crippen LogP contribution in [0, 0.1) is 6.92 Å². The number of piperidine rings is 1. The minimum atomic E-state index is 0.000341. The van der Waals surface area contributed by atoms with Crippen LogP contribution in [0.4, 0.5) is 5.82 Å². The largest absolute Gasteiger partial charge is 0.365 e. The van der Waals surface area contributed by atoms with Gasteiger partial charge in [-0.15, -0.1) is 0 Å². The lowest BCUT2D eigenvalue weighted by Gasteiger charge is -2.32. The molecule has 1 fully saturated rings. The molecule has 1 amide bonds. The number of carbonyl (C=O) groups excluding carboxylic acids is 1. The van der Waals surface area contributed by atoms with Gasteiger partial charge in [-0.2, -0.15) is 0 Å². The van der Waals surface area contributed by atoms with Gasteiger partial charge in [-0.05, 0) is 31.9 Å². The van der Waals surface area contributed by atoms with Gasteiger partial charge in [0.05, 0.1) is 0 Å². The Morgan fingerprint density at radius 3 is 2.95 bits per heavy atom. The lowest BCUT2D eigenvalue weighted by atomic mass is 10.1. The van der Waals surface area contributed by atoms with Crippen molar-refractivity contribution in [3.8, 4) is 0 Å². The van der Waals surface area contributed by atoms with Crippen LogP contribution >= 0.6 is 0 Å². The standard InChI is InChI=1S/C13H18N4O.C2H6/c1-3-13(18)17-8-4-5-11(9-17)16-12-6-7-14-10(2)15-12;1-2/h3,6-7,11H,1,4-5,8-9H2,2H3,(H,14,15,16);1-2H3. The molecule has 0 radical (unpaired) electrons. The van der Waals surface area contributed by atoms with Crippen LogP contribution in [0.5, 0.6) is 0 Å². The fourth-order valence-electron chi connectivity index (χ4n) is 2.17. The van der Waals surface area contributed by atoms with Crippen LogP contribution in [0.1, 0.15) is 32.5 Å². The maximum Gasteiger partial charge on any atom is 0.246 e. The average molecular weight is 276 g/mol. The van der Waals surface area contributed by atoms with E-state index in [0.717, 1.165) is 31.0 Å². The van der Waals surface area contributed by atoms with Gasteiger partial charge in [0, 0.05) is 25.3 Å². The van der Waals surface area contributed by atoms with E-state index >= 15 is 0 Å². The normalized spacial score (nSPS) is 17.8. The first-order valence-electron chi connectivity index (χ1n) is 7.16. The van der Waals surface area contributed by atoms with E-state index in [2.05, 4.69) is 21.9 Å². The summed E-state index contributed by atoms with van der Waals surface area (Å²) in [4.78, 5) is 21.8. The Morgan fingerprint density at radius 2 is 2.30 bits per heavy atom.